The van der Waals surface area contributed by atoms with Crippen molar-refractivity contribution in [3.05, 3.63) is 130 Å². The van der Waals surface area contributed by atoms with Gasteiger partial charge in [0.25, 0.3) is 0 Å². The summed E-state index contributed by atoms with van der Waals surface area (Å²) in [5.41, 5.74) is 13.8. The van der Waals surface area contributed by atoms with Gasteiger partial charge in [0.2, 0.25) is 0 Å². The first-order chi connectivity index (χ1) is 20.1. The third-order valence-corrected chi connectivity index (χ3v) is 8.89. The number of rotatable bonds is 12. The van der Waals surface area contributed by atoms with Crippen LogP contribution in [0.15, 0.2) is 97.1 Å². The molecule has 3 N–H and O–H groups in total. The minimum atomic E-state index is -0.0101. The van der Waals surface area contributed by atoms with Crippen LogP contribution < -0.4 is 20.5 Å². The van der Waals surface area contributed by atoms with Gasteiger partial charge < -0.3 is 20.5 Å². The maximum Gasteiger partial charge on any atom is 0.161 e. The molecule has 0 amide bonds. The Morgan fingerprint density at radius 1 is 0.805 bits per heavy atom. The normalized spacial score (nSPS) is 16.7. The van der Waals surface area contributed by atoms with E-state index in [9.17, 15) is 0 Å². The minimum absolute atomic E-state index is 0.0101. The van der Waals surface area contributed by atoms with Crippen LogP contribution in [0, 0.1) is 0 Å². The predicted octanol–water partition coefficient (Wildman–Crippen LogP) is 8.05. The molecule has 2 atom stereocenters. The first-order valence-corrected chi connectivity index (χ1v) is 15.0. The van der Waals surface area contributed by atoms with Crippen molar-refractivity contribution in [1.29, 1.82) is 0 Å². The fourth-order valence-corrected chi connectivity index (χ4v) is 6.81. The van der Waals surface area contributed by atoms with E-state index < -0.39 is 0 Å². The van der Waals surface area contributed by atoms with E-state index in [4.69, 9.17) is 15.2 Å². The molecule has 4 aromatic rings. The first-order valence-electron chi connectivity index (χ1n) is 15.0. The zero-order valence-electron chi connectivity index (χ0n) is 24.7. The number of benzene rings is 4. The molecule has 0 aromatic heterocycles. The molecule has 0 saturated heterocycles. The smallest absolute Gasteiger partial charge is 0.161 e. The lowest BCUT2D eigenvalue weighted by atomic mass is 9.68. The summed E-state index contributed by atoms with van der Waals surface area (Å²) >= 11 is 0. The van der Waals surface area contributed by atoms with Crippen molar-refractivity contribution < 1.29 is 9.47 Å². The molecule has 4 heteroatoms. The maximum atomic E-state index is 5.88. The zero-order chi connectivity index (χ0) is 28.7. The van der Waals surface area contributed by atoms with Crippen molar-refractivity contribution in [2.24, 2.45) is 5.73 Å². The Kier molecular flexibility index (Phi) is 9.43. The molecule has 1 aliphatic rings. The van der Waals surface area contributed by atoms with Crippen LogP contribution in [0.5, 0.6) is 11.5 Å². The summed E-state index contributed by atoms with van der Waals surface area (Å²) < 4.78 is 11.4. The highest BCUT2D eigenvalue weighted by Crippen LogP contribution is 2.44. The van der Waals surface area contributed by atoms with Crippen LogP contribution in [0.25, 0.3) is 0 Å². The van der Waals surface area contributed by atoms with Gasteiger partial charge in [0, 0.05) is 24.0 Å². The molecule has 41 heavy (non-hydrogen) atoms. The van der Waals surface area contributed by atoms with Gasteiger partial charge in [0.1, 0.15) is 0 Å². The van der Waals surface area contributed by atoms with Crippen molar-refractivity contribution >= 4 is 0 Å². The lowest BCUT2D eigenvalue weighted by molar-refractivity contribution is 0.338. The largest absolute Gasteiger partial charge is 0.493 e. The Labute approximate surface area is 245 Å². The van der Waals surface area contributed by atoms with Crippen molar-refractivity contribution in [1.82, 2.24) is 5.32 Å². The third kappa shape index (κ3) is 6.19. The van der Waals surface area contributed by atoms with Crippen LogP contribution in [0.3, 0.4) is 0 Å². The molecule has 1 aliphatic heterocycles. The highest BCUT2D eigenvalue weighted by Gasteiger charge is 2.34. The summed E-state index contributed by atoms with van der Waals surface area (Å²) in [5.74, 6) is 1.58. The number of nitrogens with one attached hydrogen (secondary N) is 1. The van der Waals surface area contributed by atoms with Crippen LogP contribution >= 0.6 is 0 Å². The topological polar surface area (TPSA) is 56.5 Å². The molecule has 0 bridgehead atoms. The molecular formula is C37H44N2O2. The van der Waals surface area contributed by atoms with Gasteiger partial charge in [-0.1, -0.05) is 105 Å². The van der Waals surface area contributed by atoms with E-state index in [-0.39, 0.29) is 17.5 Å². The molecular weight excluding hydrogens is 504 g/mol. The van der Waals surface area contributed by atoms with Crippen molar-refractivity contribution in [3.63, 3.8) is 0 Å². The number of ether oxygens (including phenoxy) is 2. The third-order valence-electron chi connectivity index (χ3n) is 8.89. The molecule has 0 aliphatic carbocycles. The van der Waals surface area contributed by atoms with Gasteiger partial charge in [-0.15, -0.1) is 0 Å². The summed E-state index contributed by atoms with van der Waals surface area (Å²) in [6, 6.07) is 35.8. The molecule has 1 heterocycles. The SMILES string of the molecule is CCCC(CCCC1NC(c2ccc(CN)cc2)Cc2cc(OC)c(OC)cc21)(c1ccccc1)c1ccccc1. The average Bonchev–Trinajstić information content (AvgIpc) is 3.04. The van der Waals surface area contributed by atoms with Gasteiger partial charge in [-0.3, -0.25) is 0 Å². The summed E-state index contributed by atoms with van der Waals surface area (Å²) in [6.45, 7) is 2.86. The second-order valence-electron chi connectivity index (χ2n) is 11.3. The molecule has 4 aromatic carbocycles. The Morgan fingerprint density at radius 2 is 1.41 bits per heavy atom. The monoisotopic (exact) mass is 548 g/mol. The highest BCUT2D eigenvalue weighted by atomic mass is 16.5. The number of fused-ring (bicyclic) bond motifs is 1. The fraction of sp³-hybridized carbons (Fsp3) is 0.351. The molecule has 0 spiro atoms. The number of hydrogen-bond donors (Lipinski definition) is 2. The van der Waals surface area contributed by atoms with Crippen LogP contribution in [-0.2, 0) is 18.4 Å². The van der Waals surface area contributed by atoms with Gasteiger partial charge in [-0.2, -0.15) is 0 Å². The molecule has 0 fully saturated rings. The Morgan fingerprint density at radius 3 is 1.98 bits per heavy atom. The lowest BCUT2D eigenvalue weighted by Gasteiger charge is -2.37. The van der Waals surface area contributed by atoms with Gasteiger partial charge in [-0.25, -0.2) is 0 Å². The Balaban J connectivity index is 1.46. The molecule has 4 nitrogen and oxygen atoms in total. The maximum absolute atomic E-state index is 5.88. The average molecular weight is 549 g/mol. The first kappa shape index (κ1) is 28.9. The van der Waals surface area contributed by atoms with E-state index in [1.54, 1.807) is 14.2 Å². The lowest BCUT2D eigenvalue weighted by Crippen LogP contribution is -2.34. The highest BCUT2D eigenvalue weighted by molar-refractivity contribution is 5.50. The second-order valence-corrected chi connectivity index (χ2v) is 11.3. The second kappa shape index (κ2) is 13.4. The number of nitrogens with two attached hydrogens (primary N) is 1. The molecule has 5 rings (SSSR count). The van der Waals surface area contributed by atoms with Crippen LogP contribution in [0.4, 0.5) is 0 Å². The van der Waals surface area contributed by atoms with Crippen molar-refractivity contribution in [2.45, 2.75) is 69.5 Å². The van der Waals surface area contributed by atoms with E-state index >= 15 is 0 Å². The molecule has 2 unspecified atom stereocenters. The summed E-state index contributed by atoms with van der Waals surface area (Å²) in [6.07, 6.45) is 6.37. The van der Waals surface area contributed by atoms with E-state index in [1.807, 2.05) is 0 Å². The quantitative estimate of drug-likeness (QED) is 0.188. The van der Waals surface area contributed by atoms with E-state index in [0.29, 0.717) is 6.54 Å². The number of hydrogen-bond acceptors (Lipinski definition) is 4. The minimum Gasteiger partial charge on any atom is -0.493 e. The molecule has 0 radical (unpaired) electrons. The van der Waals surface area contributed by atoms with Gasteiger partial charge in [0.05, 0.1) is 14.2 Å². The van der Waals surface area contributed by atoms with Crippen LogP contribution in [-0.4, -0.2) is 14.2 Å². The van der Waals surface area contributed by atoms with Gasteiger partial charge in [-0.05, 0) is 71.2 Å². The van der Waals surface area contributed by atoms with E-state index in [0.717, 1.165) is 55.6 Å². The summed E-state index contributed by atoms with van der Waals surface area (Å²) in [7, 11) is 3.43. The van der Waals surface area contributed by atoms with E-state index in [1.165, 1.54) is 27.8 Å². The van der Waals surface area contributed by atoms with Crippen molar-refractivity contribution in [3.8, 4) is 11.5 Å². The standard InChI is InChI=1S/C37H44N2O2/c1-4-21-37(30-12-7-5-8-13-30,31-14-9-6-10-15-31)22-11-16-33-32-25-36(41-3)35(40-2)24-29(32)23-34(39-33)28-19-17-27(26-38)18-20-28/h5-10,12-15,17-20,24-25,33-34,39H,4,11,16,21-23,26,38H2,1-3H3. The summed E-state index contributed by atoms with van der Waals surface area (Å²) in [4.78, 5) is 0. The van der Waals surface area contributed by atoms with E-state index in [2.05, 4.69) is 109 Å². The zero-order valence-corrected chi connectivity index (χ0v) is 24.7. The fourth-order valence-electron chi connectivity index (χ4n) is 6.81. The molecule has 214 valence electrons. The van der Waals surface area contributed by atoms with Gasteiger partial charge in [0.15, 0.2) is 11.5 Å². The summed E-state index contributed by atoms with van der Waals surface area (Å²) in [5, 5.41) is 4.02. The number of methoxy groups -OCH3 is 2. The Bertz CT molecular complexity index is 1350. The van der Waals surface area contributed by atoms with Gasteiger partial charge >= 0.3 is 0 Å². The molecule has 0 saturated carbocycles. The van der Waals surface area contributed by atoms with Crippen LogP contribution in [0.1, 0.15) is 84.5 Å². The van der Waals surface area contributed by atoms with Crippen LogP contribution in [0.2, 0.25) is 0 Å². The van der Waals surface area contributed by atoms with Crippen molar-refractivity contribution in [2.75, 3.05) is 14.2 Å². The predicted molar refractivity (Wildman–Crippen MR) is 169 cm³/mol. The Hall–Kier alpha value is -3.60.